The molecule has 2 aliphatic heterocycles. The molecule has 4 atom stereocenters. The predicted molar refractivity (Wildman–Crippen MR) is 264 cm³/mol. The van der Waals surface area contributed by atoms with Crippen molar-refractivity contribution in [3.05, 3.63) is 221 Å². The third kappa shape index (κ3) is 5.76. The number of anilines is 1. The summed E-state index contributed by atoms with van der Waals surface area (Å²) in [7, 11) is 0. The molecule has 13 rings (SSSR count). The van der Waals surface area contributed by atoms with E-state index in [1.807, 2.05) is 0 Å². The molecule has 0 fully saturated rings. The number of hydrogen-bond acceptors (Lipinski definition) is 3. The number of benzene rings is 9. The number of nitrogens with zero attached hydrogens (tertiary/aromatic N) is 1. The number of hydrogen-bond donors (Lipinski definition) is 1. The first kappa shape index (κ1) is 36.2. The minimum Gasteiger partial charge on any atom is -0.456 e. The van der Waals surface area contributed by atoms with Gasteiger partial charge in [0.1, 0.15) is 11.2 Å². The van der Waals surface area contributed by atoms with E-state index < -0.39 is 0 Å². The van der Waals surface area contributed by atoms with Gasteiger partial charge in [-0.3, -0.25) is 4.99 Å². The van der Waals surface area contributed by atoms with Gasteiger partial charge in [0.25, 0.3) is 0 Å². The van der Waals surface area contributed by atoms with Crippen LogP contribution in [0.25, 0.3) is 77.4 Å². The van der Waals surface area contributed by atoms with Crippen molar-refractivity contribution in [2.75, 3.05) is 5.32 Å². The number of rotatable bonds is 3. The van der Waals surface area contributed by atoms with Crippen LogP contribution >= 0.6 is 0 Å². The van der Waals surface area contributed by atoms with Gasteiger partial charge >= 0.3 is 0 Å². The predicted octanol–water partition coefficient (Wildman–Crippen LogP) is 15.4. The average molecular weight is 809 g/mol. The third-order valence-electron chi connectivity index (χ3n) is 14.3. The molecule has 63 heavy (non-hydrogen) atoms. The van der Waals surface area contributed by atoms with Gasteiger partial charge < -0.3 is 9.73 Å². The van der Waals surface area contributed by atoms with Crippen molar-refractivity contribution in [2.45, 2.75) is 37.8 Å². The van der Waals surface area contributed by atoms with Crippen molar-refractivity contribution in [3.8, 4) is 22.3 Å². The van der Waals surface area contributed by atoms with Crippen LogP contribution in [0.4, 0.5) is 5.69 Å². The van der Waals surface area contributed by atoms with Crippen LogP contribution in [0.3, 0.4) is 0 Å². The topological polar surface area (TPSA) is 37.5 Å². The molecule has 3 aliphatic rings. The average Bonchev–Trinajstić information content (AvgIpc) is 3.70. The molecular formula is C60H44N2O. The van der Waals surface area contributed by atoms with E-state index in [1.54, 1.807) is 0 Å². The van der Waals surface area contributed by atoms with Crippen molar-refractivity contribution in [2.24, 2.45) is 10.9 Å². The standard InChI is InChI=1S/C60H44N2O/c1-2-44-50(37-14-4-3-5-15-37)29-36-24-26-45-43(28-36)33-54(52-31-39-17-7-6-16-38(39)30-51(45)52)57-42(25-27-49-53-32-40-18-8-9-19-41(40)34-56(53)63-60(49)57)35-61-58(44)59-48-22-11-10-20-46(48)47-21-12-13-23-55(47)62-59/h3-32,34-35,44,54,58-59,62H,2,33H2,1H3/b50-29+,61-35+/t44-,54?,58?,59+/m1/s1. The summed E-state index contributed by atoms with van der Waals surface area (Å²) in [5.74, 6) is 0.0872. The lowest BCUT2D eigenvalue weighted by atomic mass is 9.73. The summed E-state index contributed by atoms with van der Waals surface area (Å²) in [5, 5.41) is 11.3. The fourth-order valence-electron chi connectivity index (χ4n) is 11.4. The molecule has 3 heteroatoms. The zero-order chi connectivity index (χ0) is 41.6. The van der Waals surface area contributed by atoms with Crippen molar-refractivity contribution in [3.63, 3.8) is 0 Å². The Morgan fingerprint density at radius 3 is 2.13 bits per heavy atom. The SMILES string of the molecule is CC[C@@H]1/C(c2ccccc2)=C/c2ccc3c(c2)CC(c2cc4ccccc4cc2-3)c2c(ccc3c2oc2cc4ccccc4cc23)/C=N/C1[C@H]1Nc2ccccc2-c2ccccc21. The van der Waals surface area contributed by atoms with Gasteiger partial charge in [-0.15, -0.1) is 0 Å². The second-order valence-electron chi connectivity index (χ2n) is 17.7. The molecule has 3 bridgehead atoms. The van der Waals surface area contributed by atoms with Crippen molar-refractivity contribution >= 4 is 67.0 Å². The quantitative estimate of drug-likeness (QED) is 0.193. The summed E-state index contributed by atoms with van der Waals surface area (Å²) < 4.78 is 7.18. The Labute approximate surface area is 367 Å². The summed E-state index contributed by atoms with van der Waals surface area (Å²) >= 11 is 0. The Hall–Kier alpha value is -7.49. The fourth-order valence-corrected chi connectivity index (χ4v) is 11.4. The molecule has 1 aromatic heterocycles. The van der Waals surface area contributed by atoms with Crippen LogP contribution in [0.15, 0.2) is 191 Å². The molecule has 300 valence electrons. The van der Waals surface area contributed by atoms with Crippen molar-refractivity contribution < 1.29 is 4.42 Å². The van der Waals surface area contributed by atoms with E-state index >= 15 is 0 Å². The normalized spacial score (nSPS) is 20.0. The molecule has 3 heterocycles. The van der Waals surface area contributed by atoms with Gasteiger partial charge in [-0.2, -0.15) is 0 Å². The van der Waals surface area contributed by atoms with Crippen LogP contribution in [0.2, 0.25) is 0 Å². The lowest BCUT2D eigenvalue weighted by Gasteiger charge is -2.38. The smallest absolute Gasteiger partial charge is 0.139 e. The maximum absolute atomic E-state index is 7.18. The van der Waals surface area contributed by atoms with E-state index in [9.17, 15) is 0 Å². The van der Waals surface area contributed by atoms with Gasteiger partial charge in [-0.05, 0) is 126 Å². The highest BCUT2D eigenvalue weighted by Gasteiger charge is 2.37. The van der Waals surface area contributed by atoms with E-state index in [0.717, 1.165) is 46.0 Å². The summed E-state index contributed by atoms with van der Waals surface area (Å²) in [4.78, 5) is 5.91. The molecular weight excluding hydrogens is 765 g/mol. The van der Waals surface area contributed by atoms with E-state index in [2.05, 4.69) is 207 Å². The lowest BCUT2D eigenvalue weighted by molar-refractivity contribution is 0.453. The van der Waals surface area contributed by atoms with Crippen molar-refractivity contribution in [1.29, 1.82) is 0 Å². The van der Waals surface area contributed by atoms with Crippen LogP contribution < -0.4 is 5.32 Å². The van der Waals surface area contributed by atoms with E-state index in [0.29, 0.717) is 0 Å². The van der Waals surface area contributed by atoms with Gasteiger partial charge in [-0.25, -0.2) is 0 Å². The van der Waals surface area contributed by atoms with Gasteiger partial charge in [0.15, 0.2) is 0 Å². The van der Waals surface area contributed by atoms with Crippen LogP contribution in [-0.4, -0.2) is 12.3 Å². The molecule has 2 unspecified atom stereocenters. The monoisotopic (exact) mass is 808 g/mol. The molecule has 0 saturated carbocycles. The van der Waals surface area contributed by atoms with Crippen LogP contribution in [0.5, 0.6) is 0 Å². The van der Waals surface area contributed by atoms with E-state index in [4.69, 9.17) is 9.41 Å². The maximum atomic E-state index is 7.18. The molecule has 0 amide bonds. The molecule has 0 spiro atoms. The summed E-state index contributed by atoms with van der Waals surface area (Å²) in [6, 6.07) is 67.0. The molecule has 10 aromatic rings. The highest BCUT2D eigenvalue weighted by Crippen LogP contribution is 2.50. The molecule has 1 aliphatic carbocycles. The second kappa shape index (κ2) is 14.3. The van der Waals surface area contributed by atoms with E-state index in [-0.39, 0.29) is 23.9 Å². The molecule has 3 nitrogen and oxygen atoms in total. The minimum absolute atomic E-state index is 0.0200. The van der Waals surface area contributed by atoms with Gasteiger partial charge in [0.2, 0.25) is 0 Å². The van der Waals surface area contributed by atoms with Crippen LogP contribution in [0.1, 0.15) is 64.2 Å². The van der Waals surface area contributed by atoms with E-state index in [1.165, 1.54) is 82.8 Å². The van der Waals surface area contributed by atoms with Crippen LogP contribution in [0, 0.1) is 5.92 Å². The Kier molecular flexibility index (Phi) is 8.21. The Balaban J connectivity index is 1.12. The summed E-state index contributed by atoms with van der Waals surface area (Å²) in [6.07, 6.45) is 6.42. The third-order valence-corrected chi connectivity index (χ3v) is 14.3. The number of aliphatic imine (C=N–C) groups is 1. The number of para-hydroxylation sites is 1. The zero-order valence-electron chi connectivity index (χ0n) is 35.1. The van der Waals surface area contributed by atoms with Gasteiger partial charge in [0, 0.05) is 45.6 Å². The highest BCUT2D eigenvalue weighted by molar-refractivity contribution is 6.12. The summed E-state index contributed by atoms with van der Waals surface area (Å²) in [6.45, 7) is 2.33. The first-order valence-corrected chi connectivity index (χ1v) is 22.5. The van der Waals surface area contributed by atoms with Gasteiger partial charge in [-0.1, -0.05) is 159 Å². The highest BCUT2D eigenvalue weighted by atomic mass is 16.3. The Morgan fingerprint density at radius 1 is 0.587 bits per heavy atom. The minimum atomic E-state index is -0.167. The molecule has 9 aromatic carbocycles. The maximum Gasteiger partial charge on any atom is 0.139 e. The summed E-state index contributed by atoms with van der Waals surface area (Å²) in [5.41, 5.74) is 18.1. The second-order valence-corrected chi connectivity index (χ2v) is 17.7. The van der Waals surface area contributed by atoms with Gasteiger partial charge in [0.05, 0.1) is 12.1 Å². The van der Waals surface area contributed by atoms with Crippen LogP contribution in [-0.2, 0) is 6.42 Å². The Bertz CT molecular complexity index is 3540. The molecule has 0 saturated heterocycles. The Morgan fingerprint density at radius 2 is 1.30 bits per heavy atom. The molecule has 1 N–H and O–H groups in total. The number of furan rings is 1. The number of fused-ring (bicyclic) bond motifs is 16. The first-order chi connectivity index (χ1) is 31.2. The zero-order valence-corrected chi connectivity index (χ0v) is 35.1. The number of nitrogens with one attached hydrogen (secondary N) is 1. The largest absolute Gasteiger partial charge is 0.456 e. The fraction of sp³-hybridized carbons (Fsp3) is 0.117. The first-order valence-electron chi connectivity index (χ1n) is 22.5. The van der Waals surface area contributed by atoms with Crippen molar-refractivity contribution in [1.82, 2.24) is 0 Å². The lowest BCUT2D eigenvalue weighted by Crippen LogP contribution is -2.34. The molecule has 0 radical (unpaired) electrons.